The van der Waals surface area contributed by atoms with E-state index in [1.165, 1.54) is 11.3 Å². The van der Waals surface area contributed by atoms with Gasteiger partial charge in [-0.15, -0.1) is 11.3 Å². The number of hydrogen-bond donors (Lipinski definition) is 2. The van der Waals surface area contributed by atoms with Gasteiger partial charge < -0.3 is 20.1 Å². The second-order valence-corrected chi connectivity index (χ2v) is 6.13. The zero-order chi connectivity index (χ0) is 16.2. The number of amides is 1. The Kier molecular flexibility index (Phi) is 4.78. The van der Waals surface area contributed by atoms with Gasteiger partial charge in [0.15, 0.2) is 11.5 Å². The summed E-state index contributed by atoms with van der Waals surface area (Å²) >= 11 is 1.52. The first-order valence-electron chi connectivity index (χ1n) is 7.43. The van der Waals surface area contributed by atoms with Crippen molar-refractivity contribution in [2.75, 3.05) is 26.1 Å². The molecule has 1 aliphatic rings. The minimum Gasteiger partial charge on any atom is -0.493 e. The van der Waals surface area contributed by atoms with E-state index < -0.39 is 0 Å². The molecule has 0 spiro atoms. The van der Waals surface area contributed by atoms with Crippen LogP contribution >= 0.6 is 11.3 Å². The Bertz CT molecular complexity index is 696. The van der Waals surface area contributed by atoms with Crippen LogP contribution in [0.15, 0.2) is 23.6 Å². The average molecular weight is 333 g/mol. The molecule has 2 heterocycles. The predicted molar refractivity (Wildman–Crippen MR) is 89.6 cm³/mol. The molecule has 1 fully saturated rings. The summed E-state index contributed by atoms with van der Waals surface area (Å²) in [6.07, 6.45) is 2.22. The number of carbonyl (C=O) groups excluding carboxylic acids is 1. The maximum absolute atomic E-state index is 12.3. The lowest BCUT2D eigenvalue weighted by Crippen LogP contribution is -2.15. The normalized spacial score (nSPS) is 17.0. The maximum atomic E-state index is 12.3. The highest BCUT2D eigenvalue weighted by Crippen LogP contribution is 2.30. The van der Waals surface area contributed by atoms with Crippen LogP contribution in [-0.4, -0.2) is 31.7 Å². The number of aromatic nitrogens is 1. The summed E-state index contributed by atoms with van der Waals surface area (Å²) in [5.74, 6) is 0.964. The van der Waals surface area contributed by atoms with Gasteiger partial charge in [-0.25, -0.2) is 4.98 Å². The quantitative estimate of drug-likeness (QED) is 0.880. The molecule has 0 radical (unpaired) electrons. The van der Waals surface area contributed by atoms with Crippen molar-refractivity contribution >= 4 is 22.9 Å². The van der Waals surface area contributed by atoms with Crippen LogP contribution in [0.25, 0.3) is 0 Å². The molecule has 3 rings (SSSR count). The fourth-order valence-corrected chi connectivity index (χ4v) is 3.47. The highest BCUT2D eigenvalue weighted by molar-refractivity contribution is 7.09. The van der Waals surface area contributed by atoms with Gasteiger partial charge in [-0.05, 0) is 31.5 Å². The van der Waals surface area contributed by atoms with Gasteiger partial charge in [0.05, 0.1) is 20.3 Å². The number of thiazole rings is 1. The Hall–Kier alpha value is -2.12. The molecular weight excluding hydrogens is 314 g/mol. The van der Waals surface area contributed by atoms with Crippen LogP contribution in [0.1, 0.15) is 34.4 Å². The third kappa shape index (κ3) is 3.46. The molecule has 1 aromatic heterocycles. The minimum absolute atomic E-state index is 0.224. The Labute approximate surface area is 138 Å². The Morgan fingerprint density at radius 2 is 2.17 bits per heavy atom. The molecule has 1 aromatic carbocycles. The summed E-state index contributed by atoms with van der Waals surface area (Å²) in [6, 6.07) is 5.53. The topological polar surface area (TPSA) is 72.5 Å². The summed E-state index contributed by atoms with van der Waals surface area (Å²) < 4.78 is 10.4. The van der Waals surface area contributed by atoms with E-state index in [2.05, 4.69) is 15.6 Å². The van der Waals surface area contributed by atoms with E-state index in [0.29, 0.717) is 22.9 Å². The molecule has 122 valence electrons. The molecule has 0 bridgehead atoms. The van der Waals surface area contributed by atoms with Gasteiger partial charge in [0.25, 0.3) is 5.91 Å². The minimum atomic E-state index is -0.224. The number of rotatable bonds is 5. The van der Waals surface area contributed by atoms with Crippen molar-refractivity contribution < 1.29 is 14.3 Å². The molecule has 1 unspecified atom stereocenters. The summed E-state index contributed by atoms with van der Waals surface area (Å²) in [7, 11) is 3.13. The lowest BCUT2D eigenvalue weighted by Gasteiger charge is -2.10. The van der Waals surface area contributed by atoms with Crippen molar-refractivity contribution in [2.45, 2.75) is 18.9 Å². The predicted octanol–water partition coefficient (Wildman–Crippen LogP) is 2.84. The Morgan fingerprint density at radius 3 is 2.87 bits per heavy atom. The van der Waals surface area contributed by atoms with Gasteiger partial charge in [0.1, 0.15) is 10.7 Å². The Balaban J connectivity index is 1.71. The first-order chi connectivity index (χ1) is 11.2. The molecule has 2 aromatic rings. The van der Waals surface area contributed by atoms with Crippen molar-refractivity contribution in [3.63, 3.8) is 0 Å². The smallest absolute Gasteiger partial charge is 0.275 e. The molecule has 1 aliphatic heterocycles. The number of methoxy groups -OCH3 is 2. The molecule has 0 aliphatic carbocycles. The van der Waals surface area contributed by atoms with Crippen LogP contribution in [0, 0.1) is 0 Å². The molecular formula is C16H19N3O3S. The largest absolute Gasteiger partial charge is 0.493 e. The van der Waals surface area contributed by atoms with Crippen molar-refractivity contribution in [3.8, 4) is 11.5 Å². The number of nitrogens with zero attached hydrogens (tertiary/aromatic N) is 1. The number of nitrogens with one attached hydrogen (secondary N) is 2. The number of benzene rings is 1. The monoisotopic (exact) mass is 333 g/mol. The molecule has 1 amide bonds. The number of hydrogen-bond acceptors (Lipinski definition) is 6. The molecule has 1 saturated heterocycles. The van der Waals surface area contributed by atoms with Crippen LogP contribution in [0.4, 0.5) is 5.69 Å². The molecule has 1 atom stereocenters. The van der Waals surface area contributed by atoms with E-state index in [4.69, 9.17) is 9.47 Å². The summed E-state index contributed by atoms with van der Waals surface area (Å²) in [5, 5.41) is 9.00. The zero-order valence-corrected chi connectivity index (χ0v) is 13.9. The van der Waals surface area contributed by atoms with E-state index >= 15 is 0 Å². The third-order valence-electron chi connectivity index (χ3n) is 3.75. The fraction of sp³-hybridized carbons (Fsp3) is 0.375. The van der Waals surface area contributed by atoms with E-state index in [1.807, 2.05) is 0 Å². The van der Waals surface area contributed by atoms with Crippen molar-refractivity contribution in [1.29, 1.82) is 0 Å². The summed E-state index contributed by atoms with van der Waals surface area (Å²) in [5.41, 5.74) is 1.08. The Morgan fingerprint density at radius 1 is 1.35 bits per heavy atom. The van der Waals surface area contributed by atoms with E-state index in [-0.39, 0.29) is 11.9 Å². The number of anilines is 1. The van der Waals surface area contributed by atoms with Gasteiger partial charge in [0, 0.05) is 17.1 Å². The molecule has 2 N–H and O–H groups in total. The second-order valence-electron chi connectivity index (χ2n) is 5.24. The summed E-state index contributed by atoms with van der Waals surface area (Å²) in [4.78, 5) is 16.8. The van der Waals surface area contributed by atoms with E-state index in [0.717, 1.165) is 24.4 Å². The zero-order valence-electron chi connectivity index (χ0n) is 13.1. The first kappa shape index (κ1) is 15.8. The van der Waals surface area contributed by atoms with Crippen LogP contribution in [-0.2, 0) is 0 Å². The van der Waals surface area contributed by atoms with Crippen molar-refractivity contribution in [2.24, 2.45) is 0 Å². The number of ether oxygens (including phenoxy) is 2. The maximum Gasteiger partial charge on any atom is 0.275 e. The lowest BCUT2D eigenvalue weighted by molar-refractivity contribution is 0.102. The molecule has 7 heteroatoms. The van der Waals surface area contributed by atoms with Gasteiger partial charge in [0.2, 0.25) is 0 Å². The molecule has 6 nitrogen and oxygen atoms in total. The lowest BCUT2D eigenvalue weighted by atomic mass is 10.2. The third-order valence-corrected chi connectivity index (χ3v) is 4.71. The standard InChI is InChI=1S/C16H19N3O3S/c1-21-13-6-5-10(8-14(13)22-2)18-15(20)12-9-23-16(19-12)11-4-3-7-17-11/h5-6,8-9,11,17H,3-4,7H2,1-2H3,(H,18,20). The van der Waals surface area contributed by atoms with Crippen molar-refractivity contribution in [1.82, 2.24) is 10.3 Å². The second kappa shape index (κ2) is 6.97. The van der Waals surface area contributed by atoms with Crippen molar-refractivity contribution in [3.05, 3.63) is 34.3 Å². The van der Waals surface area contributed by atoms with E-state index in [9.17, 15) is 4.79 Å². The summed E-state index contributed by atoms with van der Waals surface area (Å²) in [6.45, 7) is 1.01. The molecule has 0 saturated carbocycles. The average Bonchev–Trinajstić information content (AvgIpc) is 3.25. The van der Waals surface area contributed by atoms with Gasteiger partial charge in [-0.1, -0.05) is 0 Å². The highest BCUT2D eigenvalue weighted by atomic mass is 32.1. The highest BCUT2D eigenvalue weighted by Gasteiger charge is 2.21. The molecule has 23 heavy (non-hydrogen) atoms. The van der Waals surface area contributed by atoms with Crippen LogP contribution in [0.2, 0.25) is 0 Å². The van der Waals surface area contributed by atoms with Crippen LogP contribution in [0.5, 0.6) is 11.5 Å². The van der Waals surface area contributed by atoms with Crippen LogP contribution < -0.4 is 20.1 Å². The van der Waals surface area contributed by atoms with Gasteiger partial charge in [-0.2, -0.15) is 0 Å². The van der Waals surface area contributed by atoms with Crippen LogP contribution in [0.3, 0.4) is 0 Å². The fourth-order valence-electron chi connectivity index (χ4n) is 2.56. The SMILES string of the molecule is COc1ccc(NC(=O)c2csc(C3CCCN3)n2)cc1OC. The van der Waals surface area contributed by atoms with Gasteiger partial charge in [-0.3, -0.25) is 4.79 Å². The number of carbonyl (C=O) groups is 1. The van der Waals surface area contributed by atoms with E-state index in [1.54, 1.807) is 37.8 Å². The van der Waals surface area contributed by atoms with Gasteiger partial charge >= 0.3 is 0 Å². The first-order valence-corrected chi connectivity index (χ1v) is 8.31.